The van der Waals surface area contributed by atoms with Crippen molar-refractivity contribution in [1.82, 2.24) is 10.2 Å². The van der Waals surface area contributed by atoms with Crippen molar-refractivity contribution in [2.75, 3.05) is 0 Å². The van der Waals surface area contributed by atoms with E-state index in [1.54, 1.807) is 20.8 Å². The smallest absolute Gasteiger partial charge is 0.292 e. The predicted octanol–water partition coefficient (Wildman–Crippen LogP) is 3.75. The normalized spacial score (nSPS) is 12.4. The number of aliphatic imine (C=N–C) groups is 1. The lowest BCUT2D eigenvalue weighted by molar-refractivity contribution is -0.137. The Kier molecular flexibility index (Phi) is 7.18. The molecule has 0 spiro atoms. The van der Waals surface area contributed by atoms with Crippen LogP contribution in [0.3, 0.4) is 0 Å². The molecule has 9 heteroatoms. The number of hydrogen-bond donors (Lipinski definition) is 2. The number of nitrogens with zero attached hydrogens (tertiary/aromatic N) is 1. The van der Waals surface area contributed by atoms with Crippen molar-refractivity contribution < 1.29 is 18.0 Å². The first-order valence-corrected chi connectivity index (χ1v) is 6.36. The number of amides is 1. The van der Waals surface area contributed by atoms with Crippen LogP contribution in [0.1, 0.15) is 36.7 Å². The Morgan fingerprint density at radius 1 is 1.23 bits per heavy atom. The van der Waals surface area contributed by atoms with Crippen molar-refractivity contribution in [2.45, 2.75) is 32.5 Å². The fraction of sp³-hybridized carbons (Fsp3) is 0.385. The number of carbonyl (C=O) groups is 1. The number of halogens is 5. The number of carbonyl (C=O) groups excluding carboxylic acids is 1. The maximum absolute atomic E-state index is 12.6. The fourth-order valence-electron chi connectivity index (χ4n) is 1.42. The van der Waals surface area contributed by atoms with Gasteiger partial charge in [-0.15, -0.1) is 12.4 Å². The molecule has 0 fully saturated rings. The van der Waals surface area contributed by atoms with E-state index in [1.165, 1.54) is 6.07 Å². The number of alkyl halides is 3. The Morgan fingerprint density at radius 3 is 2.27 bits per heavy atom. The molecule has 2 N–H and O–H groups in total. The molecule has 124 valence electrons. The summed E-state index contributed by atoms with van der Waals surface area (Å²) in [4.78, 5) is 18.2. The maximum atomic E-state index is 12.6. The van der Waals surface area contributed by atoms with Gasteiger partial charge in [-0.2, -0.15) is 13.2 Å². The molecule has 0 aromatic heterocycles. The molecule has 0 atom stereocenters. The van der Waals surface area contributed by atoms with Gasteiger partial charge in [0.25, 0.3) is 5.91 Å². The first kappa shape index (κ1) is 20.5. The van der Waals surface area contributed by atoms with Crippen LogP contribution in [0.15, 0.2) is 29.3 Å². The molecule has 4 nitrogen and oxygen atoms in total. The molecule has 22 heavy (non-hydrogen) atoms. The lowest BCUT2D eigenvalue weighted by Crippen LogP contribution is -2.39. The van der Waals surface area contributed by atoms with Crippen molar-refractivity contribution in [1.29, 1.82) is 0 Å². The summed E-state index contributed by atoms with van der Waals surface area (Å²) in [6.07, 6.45) is -4.51. The molecule has 0 aliphatic heterocycles. The lowest BCUT2D eigenvalue weighted by atomic mass is 10.1. The summed E-state index contributed by atoms with van der Waals surface area (Å²) in [7, 11) is 0. The molecule has 1 aromatic rings. The second kappa shape index (κ2) is 7.69. The molecule has 1 aromatic carbocycles. The summed E-state index contributed by atoms with van der Waals surface area (Å²) in [6, 6.07) is 4.08. The standard InChI is InChI=1S/C13H15ClF3N3O.ClH/c1-12(2,3)19-11(20-14)18-10(21)8-5-4-6-9(7-8)13(15,16)17;/h4-7H,1-3H3,(H2,18,19,20,21);1H. The summed E-state index contributed by atoms with van der Waals surface area (Å²) in [5, 5.41) is 2.32. The van der Waals surface area contributed by atoms with E-state index in [4.69, 9.17) is 11.8 Å². The molecule has 0 aliphatic rings. The van der Waals surface area contributed by atoms with Crippen LogP contribution in [0.5, 0.6) is 0 Å². The fourth-order valence-corrected chi connectivity index (χ4v) is 1.51. The van der Waals surface area contributed by atoms with Gasteiger partial charge in [0.1, 0.15) is 0 Å². The predicted molar refractivity (Wildman–Crippen MR) is 82.3 cm³/mol. The Morgan fingerprint density at radius 2 is 1.82 bits per heavy atom. The molecule has 0 heterocycles. The van der Waals surface area contributed by atoms with Crippen molar-refractivity contribution in [3.8, 4) is 0 Å². The Bertz CT molecular complexity index is 554. The second-order valence-corrected chi connectivity index (χ2v) is 5.45. The molecule has 0 unspecified atom stereocenters. The molecule has 0 bridgehead atoms. The third-order valence-corrected chi connectivity index (χ3v) is 2.40. The number of guanidine groups is 1. The topological polar surface area (TPSA) is 53.5 Å². The molecular weight excluding hydrogens is 342 g/mol. The van der Waals surface area contributed by atoms with E-state index in [2.05, 4.69) is 15.1 Å². The zero-order chi connectivity index (χ0) is 16.3. The average molecular weight is 358 g/mol. The van der Waals surface area contributed by atoms with Crippen LogP contribution < -0.4 is 10.2 Å². The van der Waals surface area contributed by atoms with E-state index in [1.807, 2.05) is 0 Å². The van der Waals surface area contributed by atoms with E-state index in [0.29, 0.717) is 0 Å². The molecule has 0 radical (unpaired) electrons. The zero-order valence-electron chi connectivity index (χ0n) is 12.1. The van der Waals surface area contributed by atoms with Crippen molar-refractivity contribution in [3.63, 3.8) is 0 Å². The van der Waals surface area contributed by atoms with Gasteiger partial charge in [0, 0.05) is 17.3 Å². The minimum Gasteiger partial charge on any atom is -0.292 e. The SMILES string of the molecule is CC(C)(C)N=C(NCl)NC(=O)c1cccc(C(F)(F)F)c1.Cl. The van der Waals surface area contributed by atoms with Gasteiger partial charge in [0.05, 0.1) is 11.1 Å². The largest absolute Gasteiger partial charge is 0.416 e. The van der Waals surface area contributed by atoms with Gasteiger partial charge >= 0.3 is 6.18 Å². The number of hydrogen-bond acceptors (Lipinski definition) is 2. The van der Waals surface area contributed by atoms with Crippen molar-refractivity contribution in [3.05, 3.63) is 35.4 Å². The lowest BCUT2D eigenvalue weighted by Gasteiger charge is -2.15. The first-order chi connectivity index (χ1) is 9.53. The highest BCUT2D eigenvalue weighted by molar-refractivity contribution is 6.24. The quantitative estimate of drug-likeness (QED) is 0.456. The summed E-state index contributed by atoms with van der Waals surface area (Å²) in [5.41, 5.74) is -1.56. The van der Waals surface area contributed by atoms with Crippen LogP contribution >= 0.6 is 24.2 Å². The second-order valence-electron chi connectivity index (χ2n) is 5.26. The number of benzene rings is 1. The van der Waals surface area contributed by atoms with Crippen LogP contribution in [0.25, 0.3) is 0 Å². The van der Waals surface area contributed by atoms with Gasteiger partial charge < -0.3 is 0 Å². The molecule has 0 saturated heterocycles. The highest BCUT2D eigenvalue weighted by Crippen LogP contribution is 2.29. The average Bonchev–Trinajstić information content (AvgIpc) is 2.35. The first-order valence-electron chi connectivity index (χ1n) is 5.98. The van der Waals surface area contributed by atoms with E-state index >= 15 is 0 Å². The number of rotatable bonds is 1. The summed E-state index contributed by atoms with van der Waals surface area (Å²) in [6.45, 7) is 5.33. The minimum atomic E-state index is -4.51. The molecular formula is C13H16Cl2F3N3O. The monoisotopic (exact) mass is 357 g/mol. The van der Waals surface area contributed by atoms with Gasteiger partial charge in [0.15, 0.2) is 0 Å². The van der Waals surface area contributed by atoms with Gasteiger partial charge in [-0.05, 0) is 39.0 Å². The summed E-state index contributed by atoms with van der Waals surface area (Å²) < 4.78 is 37.8. The van der Waals surface area contributed by atoms with E-state index < -0.39 is 23.2 Å². The van der Waals surface area contributed by atoms with Gasteiger partial charge in [-0.3, -0.25) is 14.9 Å². The Labute approximate surface area is 137 Å². The maximum Gasteiger partial charge on any atom is 0.416 e. The van der Waals surface area contributed by atoms with E-state index in [9.17, 15) is 18.0 Å². The van der Waals surface area contributed by atoms with E-state index in [-0.39, 0.29) is 23.9 Å². The number of nitrogens with one attached hydrogen (secondary N) is 2. The van der Waals surface area contributed by atoms with Crippen LogP contribution in [0.2, 0.25) is 0 Å². The summed E-state index contributed by atoms with van der Waals surface area (Å²) in [5.74, 6) is -0.774. The van der Waals surface area contributed by atoms with Gasteiger partial charge in [-0.1, -0.05) is 6.07 Å². The van der Waals surface area contributed by atoms with Crippen LogP contribution in [0.4, 0.5) is 13.2 Å². The Balaban J connectivity index is 0.00000441. The van der Waals surface area contributed by atoms with Crippen LogP contribution in [-0.2, 0) is 6.18 Å². The van der Waals surface area contributed by atoms with Gasteiger partial charge in [-0.25, -0.2) is 4.99 Å². The van der Waals surface area contributed by atoms with Gasteiger partial charge in [0.2, 0.25) is 5.96 Å². The summed E-state index contributed by atoms with van der Waals surface area (Å²) >= 11 is 5.43. The molecule has 0 saturated carbocycles. The molecule has 1 rings (SSSR count). The Hall–Kier alpha value is -1.47. The highest BCUT2D eigenvalue weighted by Gasteiger charge is 2.31. The zero-order valence-corrected chi connectivity index (χ0v) is 13.7. The van der Waals surface area contributed by atoms with E-state index in [0.717, 1.165) is 18.2 Å². The third-order valence-electron chi connectivity index (χ3n) is 2.22. The third kappa shape index (κ3) is 6.53. The molecule has 0 aliphatic carbocycles. The highest BCUT2D eigenvalue weighted by atomic mass is 35.5. The van der Waals surface area contributed by atoms with Crippen molar-refractivity contribution >= 4 is 36.1 Å². The van der Waals surface area contributed by atoms with Crippen molar-refractivity contribution in [2.24, 2.45) is 4.99 Å². The minimum absolute atomic E-state index is 0. The molecule has 1 amide bonds. The van der Waals surface area contributed by atoms with Crippen LogP contribution in [-0.4, -0.2) is 17.4 Å². The van der Waals surface area contributed by atoms with Crippen LogP contribution in [0, 0.1) is 0 Å².